The topological polar surface area (TPSA) is 47.9 Å². The minimum absolute atomic E-state index is 0.0910. The normalized spacial score (nSPS) is 13.5. The van der Waals surface area contributed by atoms with Crippen LogP contribution in [0.5, 0.6) is 11.5 Å². The molecule has 1 unspecified atom stereocenters. The second kappa shape index (κ2) is 6.61. The van der Waals surface area contributed by atoms with Gasteiger partial charge in [0.2, 0.25) is 0 Å². The number of methoxy groups -OCH3 is 3. The highest BCUT2D eigenvalue weighted by Crippen LogP contribution is 2.41. The molecule has 0 fully saturated rings. The first-order chi connectivity index (χ1) is 10.2. The molecule has 0 spiro atoms. The standard InChI is InChI=1S/C17H20O4/c1-19-12-17(18,13-8-5-4-6-9-13)16-14(20-2)10-7-11-15(16)21-3/h4-11,18H,12H2,1-3H3. The average molecular weight is 288 g/mol. The second-order valence-electron chi connectivity index (χ2n) is 4.70. The molecule has 21 heavy (non-hydrogen) atoms. The molecule has 1 N–H and O–H groups in total. The van der Waals surface area contributed by atoms with Crippen LogP contribution in [-0.2, 0) is 10.3 Å². The summed E-state index contributed by atoms with van der Waals surface area (Å²) in [7, 11) is 4.68. The summed E-state index contributed by atoms with van der Waals surface area (Å²) >= 11 is 0. The fourth-order valence-electron chi connectivity index (χ4n) is 2.48. The summed E-state index contributed by atoms with van der Waals surface area (Å²) in [5.74, 6) is 1.11. The number of benzene rings is 2. The lowest BCUT2D eigenvalue weighted by Crippen LogP contribution is -2.33. The molecule has 0 amide bonds. The molecule has 0 aliphatic rings. The van der Waals surface area contributed by atoms with Crippen LogP contribution in [0.2, 0.25) is 0 Å². The molecular formula is C17H20O4. The van der Waals surface area contributed by atoms with Gasteiger partial charge in [0.05, 0.1) is 26.4 Å². The van der Waals surface area contributed by atoms with E-state index >= 15 is 0 Å². The molecular weight excluding hydrogens is 268 g/mol. The first kappa shape index (κ1) is 15.4. The van der Waals surface area contributed by atoms with E-state index in [4.69, 9.17) is 14.2 Å². The molecule has 1 atom stereocenters. The summed E-state index contributed by atoms with van der Waals surface area (Å²) in [4.78, 5) is 0. The lowest BCUT2D eigenvalue weighted by Gasteiger charge is -2.31. The Kier molecular flexibility index (Phi) is 4.83. The van der Waals surface area contributed by atoms with Crippen LogP contribution < -0.4 is 9.47 Å². The minimum Gasteiger partial charge on any atom is -0.496 e. The monoisotopic (exact) mass is 288 g/mol. The molecule has 0 heterocycles. The Morgan fingerprint density at radius 1 is 0.857 bits per heavy atom. The van der Waals surface area contributed by atoms with Crippen LogP contribution in [0, 0.1) is 0 Å². The molecule has 4 heteroatoms. The van der Waals surface area contributed by atoms with Crippen LogP contribution >= 0.6 is 0 Å². The zero-order chi connectivity index (χ0) is 15.3. The van der Waals surface area contributed by atoms with Crippen LogP contribution in [-0.4, -0.2) is 33.0 Å². The van der Waals surface area contributed by atoms with Crippen LogP contribution in [0.25, 0.3) is 0 Å². The molecule has 0 aliphatic carbocycles. The number of rotatable bonds is 6. The van der Waals surface area contributed by atoms with Gasteiger partial charge in [-0.2, -0.15) is 0 Å². The summed E-state index contributed by atoms with van der Waals surface area (Å²) in [5.41, 5.74) is -0.0776. The van der Waals surface area contributed by atoms with Crippen molar-refractivity contribution in [3.63, 3.8) is 0 Å². The molecule has 4 nitrogen and oxygen atoms in total. The molecule has 0 aromatic heterocycles. The van der Waals surface area contributed by atoms with E-state index in [2.05, 4.69) is 0 Å². The van der Waals surface area contributed by atoms with Crippen molar-refractivity contribution >= 4 is 0 Å². The quantitative estimate of drug-likeness (QED) is 0.887. The SMILES string of the molecule is COCC(O)(c1ccccc1)c1c(OC)cccc1OC. The van der Waals surface area contributed by atoms with Gasteiger partial charge in [0, 0.05) is 7.11 Å². The minimum atomic E-state index is -1.35. The van der Waals surface area contributed by atoms with Gasteiger partial charge < -0.3 is 19.3 Å². The third-order valence-corrected chi connectivity index (χ3v) is 3.45. The maximum Gasteiger partial charge on any atom is 0.145 e. The zero-order valence-corrected chi connectivity index (χ0v) is 12.5. The Bertz CT molecular complexity index is 560. The Morgan fingerprint density at radius 2 is 1.43 bits per heavy atom. The van der Waals surface area contributed by atoms with Crippen molar-refractivity contribution in [2.45, 2.75) is 5.60 Å². The lowest BCUT2D eigenvalue weighted by molar-refractivity contribution is -0.00633. The Balaban J connectivity index is 2.68. The van der Waals surface area contributed by atoms with Crippen molar-refractivity contribution in [3.05, 3.63) is 59.7 Å². The van der Waals surface area contributed by atoms with Gasteiger partial charge in [-0.05, 0) is 17.7 Å². The molecule has 0 bridgehead atoms. The average Bonchev–Trinajstić information content (AvgIpc) is 2.55. The van der Waals surface area contributed by atoms with E-state index in [9.17, 15) is 5.11 Å². The molecule has 2 rings (SSSR count). The van der Waals surface area contributed by atoms with Crippen LogP contribution in [0.1, 0.15) is 11.1 Å². The Labute approximate surface area is 124 Å². The molecule has 112 valence electrons. The fourth-order valence-corrected chi connectivity index (χ4v) is 2.48. The van der Waals surface area contributed by atoms with Crippen molar-refractivity contribution < 1.29 is 19.3 Å². The van der Waals surface area contributed by atoms with Crippen molar-refractivity contribution in [2.24, 2.45) is 0 Å². The molecule has 2 aromatic carbocycles. The van der Waals surface area contributed by atoms with Gasteiger partial charge in [0.25, 0.3) is 0 Å². The summed E-state index contributed by atoms with van der Waals surface area (Å²) < 4.78 is 16.1. The van der Waals surface area contributed by atoms with E-state index in [0.717, 1.165) is 5.56 Å². The predicted molar refractivity (Wildman–Crippen MR) is 80.9 cm³/mol. The van der Waals surface area contributed by atoms with Gasteiger partial charge in [-0.3, -0.25) is 0 Å². The van der Waals surface area contributed by atoms with Gasteiger partial charge in [0.15, 0.2) is 0 Å². The largest absolute Gasteiger partial charge is 0.496 e. The van der Waals surface area contributed by atoms with E-state index in [1.807, 2.05) is 36.4 Å². The summed E-state index contributed by atoms with van der Waals surface area (Å²) in [6, 6.07) is 14.8. The third kappa shape index (κ3) is 2.86. The van der Waals surface area contributed by atoms with Crippen LogP contribution in [0.15, 0.2) is 48.5 Å². The first-order valence-electron chi connectivity index (χ1n) is 6.65. The highest BCUT2D eigenvalue weighted by molar-refractivity contribution is 5.53. The van der Waals surface area contributed by atoms with Gasteiger partial charge in [-0.25, -0.2) is 0 Å². The molecule has 2 aromatic rings. The van der Waals surface area contributed by atoms with E-state index in [1.165, 1.54) is 0 Å². The smallest absolute Gasteiger partial charge is 0.145 e. The van der Waals surface area contributed by atoms with Gasteiger partial charge in [-0.15, -0.1) is 0 Å². The maximum absolute atomic E-state index is 11.3. The summed E-state index contributed by atoms with van der Waals surface area (Å²) in [5, 5.41) is 11.3. The number of aliphatic hydroxyl groups is 1. The lowest BCUT2D eigenvalue weighted by atomic mass is 9.85. The molecule has 0 radical (unpaired) electrons. The van der Waals surface area contributed by atoms with E-state index < -0.39 is 5.60 Å². The Morgan fingerprint density at radius 3 is 1.90 bits per heavy atom. The van der Waals surface area contributed by atoms with Crippen LogP contribution in [0.4, 0.5) is 0 Å². The first-order valence-corrected chi connectivity index (χ1v) is 6.65. The van der Waals surface area contributed by atoms with E-state index in [0.29, 0.717) is 17.1 Å². The zero-order valence-electron chi connectivity index (χ0n) is 12.5. The van der Waals surface area contributed by atoms with Gasteiger partial charge >= 0.3 is 0 Å². The number of hydrogen-bond donors (Lipinski definition) is 1. The fraction of sp³-hybridized carbons (Fsp3) is 0.294. The van der Waals surface area contributed by atoms with Gasteiger partial charge in [0.1, 0.15) is 17.1 Å². The van der Waals surface area contributed by atoms with E-state index in [1.54, 1.807) is 33.5 Å². The van der Waals surface area contributed by atoms with Crippen molar-refractivity contribution in [1.29, 1.82) is 0 Å². The highest BCUT2D eigenvalue weighted by atomic mass is 16.5. The van der Waals surface area contributed by atoms with E-state index in [-0.39, 0.29) is 6.61 Å². The van der Waals surface area contributed by atoms with Crippen molar-refractivity contribution in [1.82, 2.24) is 0 Å². The predicted octanol–water partition coefficient (Wildman–Crippen LogP) is 2.59. The molecule has 0 saturated carbocycles. The summed E-state index contributed by atoms with van der Waals surface area (Å²) in [6.07, 6.45) is 0. The maximum atomic E-state index is 11.3. The highest BCUT2D eigenvalue weighted by Gasteiger charge is 2.37. The Hall–Kier alpha value is -2.04. The number of hydrogen-bond acceptors (Lipinski definition) is 4. The molecule has 0 saturated heterocycles. The summed E-state index contributed by atoms with van der Waals surface area (Å²) in [6.45, 7) is 0.0910. The number of ether oxygens (including phenoxy) is 3. The third-order valence-electron chi connectivity index (χ3n) is 3.45. The van der Waals surface area contributed by atoms with Crippen molar-refractivity contribution in [3.8, 4) is 11.5 Å². The van der Waals surface area contributed by atoms with Gasteiger partial charge in [-0.1, -0.05) is 36.4 Å². The van der Waals surface area contributed by atoms with Crippen LogP contribution in [0.3, 0.4) is 0 Å². The van der Waals surface area contributed by atoms with Crippen molar-refractivity contribution in [2.75, 3.05) is 27.9 Å². The molecule has 0 aliphatic heterocycles. The second-order valence-corrected chi connectivity index (χ2v) is 4.70.